The van der Waals surface area contributed by atoms with Crippen LogP contribution in [0.4, 0.5) is 0 Å². The van der Waals surface area contributed by atoms with Gasteiger partial charge < -0.3 is 15.0 Å². The summed E-state index contributed by atoms with van der Waals surface area (Å²) < 4.78 is 5.59. The molecule has 0 aromatic carbocycles. The molecule has 2 saturated heterocycles. The van der Waals surface area contributed by atoms with Gasteiger partial charge >= 0.3 is 0 Å². The number of hydrogen-bond acceptors (Lipinski definition) is 3. The predicted octanol–water partition coefficient (Wildman–Crippen LogP) is 0.622. The molecule has 2 heterocycles. The molecule has 2 aliphatic rings. The van der Waals surface area contributed by atoms with Crippen LogP contribution in [0.15, 0.2) is 0 Å². The molecule has 3 atom stereocenters. The smallest absolute Gasteiger partial charge is 0.228 e. The molecule has 0 spiro atoms. The molecule has 2 unspecified atom stereocenters. The second kappa shape index (κ2) is 5.15. The summed E-state index contributed by atoms with van der Waals surface area (Å²) in [4.78, 5) is 14.3. The van der Waals surface area contributed by atoms with Crippen LogP contribution >= 0.6 is 0 Å². The molecule has 0 saturated carbocycles. The maximum Gasteiger partial charge on any atom is 0.228 e. The number of amides is 1. The van der Waals surface area contributed by atoms with Gasteiger partial charge in [-0.3, -0.25) is 4.79 Å². The first-order chi connectivity index (χ1) is 7.72. The molecule has 2 aliphatic heterocycles. The summed E-state index contributed by atoms with van der Waals surface area (Å²) in [6, 6.07) is 0.417. The van der Waals surface area contributed by atoms with Crippen molar-refractivity contribution in [1.29, 1.82) is 0 Å². The van der Waals surface area contributed by atoms with Crippen molar-refractivity contribution in [3.05, 3.63) is 0 Å². The minimum atomic E-state index is 0.107. The van der Waals surface area contributed by atoms with Crippen molar-refractivity contribution >= 4 is 5.91 Å². The molecule has 2 fully saturated rings. The molecule has 4 heteroatoms. The van der Waals surface area contributed by atoms with E-state index < -0.39 is 0 Å². The van der Waals surface area contributed by atoms with Crippen LogP contribution < -0.4 is 5.32 Å². The summed E-state index contributed by atoms with van der Waals surface area (Å²) in [5.41, 5.74) is 0. The van der Waals surface area contributed by atoms with E-state index in [2.05, 4.69) is 19.2 Å². The van der Waals surface area contributed by atoms with Gasteiger partial charge in [0.05, 0.1) is 12.0 Å². The van der Waals surface area contributed by atoms with Crippen LogP contribution in [0, 0.1) is 5.92 Å². The lowest BCUT2D eigenvalue weighted by Crippen LogP contribution is -2.53. The zero-order chi connectivity index (χ0) is 11.5. The van der Waals surface area contributed by atoms with E-state index in [1.807, 2.05) is 4.90 Å². The van der Waals surface area contributed by atoms with Crippen LogP contribution in [0.25, 0.3) is 0 Å². The molecule has 1 amide bonds. The average Bonchev–Trinajstić information content (AvgIpc) is 2.76. The summed E-state index contributed by atoms with van der Waals surface area (Å²) >= 11 is 0. The lowest BCUT2D eigenvalue weighted by molar-refractivity contribution is -0.138. The number of ether oxygens (including phenoxy) is 1. The summed E-state index contributed by atoms with van der Waals surface area (Å²) in [7, 11) is 0. The molecule has 4 nitrogen and oxygen atoms in total. The topological polar surface area (TPSA) is 41.6 Å². The SMILES string of the molecule is CCC1OCCC1C(=O)N1CCN[C@H](C)C1. The third-order valence-electron chi connectivity index (χ3n) is 3.61. The Balaban J connectivity index is 1.95. The van der Waals surface area contributed by atoms with E-state index in [4.69, 9.17) is 4.74 Å². The number of nitrogens with zero attached hydrogens (tertiary/aromatic N) is 1. The highest BCUT2D eigenvalue weighted by Crippen LogP contribution is 2.25. The Labute approximate surface area is 97.3 Å². The van der Waals surface area contributed by atoms with E-state index in [0.29, 0.717) is 11.9 Å². The second-order valence-electron chi connectivity index (χ2n) is 4.85. The van der Waals surface area contributed by atoms with Gasteiger partial charge in [-0.2, -0.15) is 0 Å². The number of carbonyl (C=O) groups excluding carboxylic acids is 1. The van der Waals surface area contributed by atoms with E-state index in [0.717, 1.165) is 39.1 Å². The third-order valence-corrected chi connectivity index (χ3v) is 3.61. The molecule has 0 aliphatic carbocycles. The Morgan fingerprint density at radius 3 is 3.06 bits per heavy atom. The average molecular weight is 226 g/mol. The number of nitrogens with one attached hydrogen (secondary N) is 1. The van der Waals surface area contributed by atoms with Crippen LogP contribution in [0.5, 0.6) is 0 Å². The van der Waals surface area contributed by atoms with Gasteiger partial charge in [-0.25, -0.2) is 0 Å². The highest BCUT2D eigenvalue weighted by molar-refractivity contribution is 5.79. The van der Waals surface area contributed by atoms with Crippen molar-refractivity contribution in [2.45, 2.75) is 38.8 Å². The zero-order valence-corrected chi connectivity index (χ0v) is 10.2. The van der Waals surface area contributed by atoms with Crippen molar-refractivity contribution in [2.75, 3.05) is 26.2 Å². The van der Waals surface area contributed by atoms with Gasteiger partial charge in [0.1, 0.15) is 0 Å². The number of carbonyl (C=O) groups is 1. The molecular weight excluding hydrogens is 204 g/mol. The minimum Gasteiger partial charge on any atom is -0.377 e. The van der Waals surface area contributed by atoms with Crippen LogP contribution in [0.1, 0.15) is 26.7 Å². The second-order valence-corrected chi connectivity index (χ2v) is 4.85. The standard InChI is InChI=1S/C12H22N2O2/c1-3-11-10(4-7-16-11)12(15)14-6-5-13-9(2)8-14/h9-11,13H,3-8H2,1-2H3/t9-,10?,11?/m1/s1. The van der Waals surface area contributed by atoms with Crippen molar-refractivity contribution in [3.8, 4) is 0 Å². The minimum absolute atomic E-state index is 0.107. The van der Waals surface area contributed by atoms with Gasteiger partial charge in [0.25, 0.3) is 0 Å². The lowest BCUT2D eigenvalue weighted by Gasteiger charge is -2.34. The molecule has 0 aromatic heterocycles. The van der Waals surface area contributed by atoms with Crippen LogP contribution in [-0.2, 0) is 9.53 Å². The monoisotopic (exact) mass is 226 g/mol. The van der Waals surface area contributed by atoms with E-state index in [-0.39, 0.29) is 12.0 Å². The Morgan fingerprint density at radius 2 is 2.38 bits per heavy atom. The molecule has 2 rings (SSSR count). The molecule has 1 N–H and O–H groups in total. The van der Waals surface area contributed by atoms with Gasteiger partial charge in [-0.1, -0.05) is 6.92 Å². The predicted molar refractivity (Wildman–Crippen MR) is 62.2 cm³/mol. The van der Waals surface area contributed by atoms with Crippen LogP contribution in [0.2, 0.25) is 0 Å². The van der Waals surface area contributed by atoms with Gasteiger partial charge in [0.15, 0.2) is 0 Å². The van der Waals surface area contributed by atoms with Gasteiger partial charge in [0.2, 0.25) is 5.91 Å². The highest BCUT2D eigenvalue weighted by Gasteiger charge is 2.36. The van der Waals surface area contributed by atoms with Crippen molar-refractivity contribution in [3.63, 3.8) is 0 Å². The molecule has 0 bridgehead atoms. The van der Waals surface area contributed by atoms with Gasteiger partial charge in [-0.05, 0) is 19.8 Å². The first-order valence-corrected chi connectivity index (χ1v) is 6.36. The van der Waals surface area contributed by atoms with E-state index in [1.165, 1.54) is 0 Å². The summed E-state index contributed by atoms with van der Waals surface area (Å²) in [5, 5.41) is 3.36. The number of hydrogen-bond donors (Lipinski definition) is 1. The summed E-state index contributed by atoms with van der Waals surface area (Å²) in [6.07, 6.45) is 1.99. The molecule has 0 radical (unpaired) electrons. The number of piperazine rings is 1. The van der Waals surface area contributed by atoms with Crippen molar-refractivity contribution in [1.82, 2.24) is 10.2 Å². The number of rotatable bonds is 2. The third kappa shape index (κ3) is 2.38. The Bertz CT molecular complexity index is 257. The molecule has 92 valence electrons. The normalized spacial score (nSPS) is 35.4. The van der Waals surface area contributed by atoms with Crippen LogP contribution in [-0.4, -0.2) is 49.2 Å². The summed E-state index contributed by atoms with van der Waals surface area (Å²) in [5.74, 6) is 0.410. The van der Waals surface area contributed by atoms with E-state index in [1.54, 1.807) is 0 Å². The van der Waals surface area contributed by atoms with E-state index in [9.17, 15) is 4.79 Å². The Kier molecular flexibility index (Phi) is 3.82. The Morgan fingerprint density at radius 1 is 1.56 bits per heavy atom. The van der Waals surface area contributed by atoms with Gasteiger partial charge in [0, 0.05) is 32.3 Å². The quantitative estimate of drug-likeness (QED) is 0.750. The molecular formula is C12H22N2O2. The first kappa shape index (κ1) is 11.9. The first-order valence-electron chi connectivity index (χ1n) is 6.36. The summed E-state index contributed by atoms with van der Waals surface area (Å²) in [6.45, 7) is 7.56. The maximum atomic E-state index is 12.3. The lowest BCUT2D eigenvalue weighted by atomic mass is 9.97. The Hall–Kier alpha value is -0.610. The fourth-order valence-electron chi connectivity index (χ4n) is 2.70. The van der Waals surface area contributed by atoms with Crippen molar-refractivity contribution < 1.29 is 9.53 Å². The van der Waals surface area contributed by atoms with Gasteiger partial charge in [-0.15, -0.1) is 0 Å². The van der Waals surface area contributed by atoms with E-state index >= 15 is 0 Å². The highest BCUT2D eigenvalue weighted by atomic mass is 16.5. The fraction of sp³-hybridized carbons (Fsp3) is 0.917. The van der Waals surface area contributed by atoms with Crippen LogP contribution in [0.3, 0.4) is 0 Å². The van der Waals surface area contributed by atoms with Crippen molar-refractivity contribution in [2.24, 2.45) is 5.92 Å². The maximum absolute atomic E-state index is 12.3. The molecule has 0 aromatic rings. The zero-order valence-electron chi connectivity index (χ0n) is 10.2. The fourth-order valence-corrected chi connectivity index (χ4v) is 2.70. The molecule has 16 heavy (non-hydrogen) atoms. The largest absolute Gasteiger partial charge is 0.377 e.